The summed E-state index contributed by atoms with van der Waals surface area (Å²) in [5.41, 5.74) is -1.00. The molecular weight excluding hydrogens is 228 g/mol. The molecule has 0 bridgehead atoms. The molecule has 96 valence electrons. The van der Waals surface area contributed by atoms with Crippen LogP contribution in [-0.2, 0) is 15.1 Å². The van der Waals surface area contributed by atoms with Gasteiger partial charge in [-0.1, -0.05) is 30.3 Å². The molecule has 3 nitrogen and oxygen atoms in total. The van der Waals surface area contributed by atoms with Crippen LogP contribution in [0.25, 0.3) is 0 Å². The maximum atomic E-state index is 12.0. The van der Waals surface area contributed by atoms with Crippen LogP contribution in [0.2, 0.25) is 0 Å². The van der Waals surface area contributed by atoms with E-state index in [1.54, 1.807) is 31.2 Å². The molecule has 1 unspecified atom stereocenters. The van der Waals surface area contributed by atoms with Crippen LogP contribution in [0.3, 0.4) is 0 Å². The van der Waals surface area contributed by atoms with Gasteiger partial charge in [0.15, 0.2) is 0 Å². The number of benzene rings is 1. The van der Waals surface area contributed by atoms with E-state index in [1.165, 1.54) is 0 Å². The standard InChI is InChI=1S/C15H18O3/c1-10-12(16)15(17,11-8-6-5-7-9-11)13(10)18-14(2,3)4/h5-9,17H,1-4H3. The lowest BCUT2D eigenvalue weighted by Gasteiger charge is -2.41. The molecule has 0 amide bonds. The van der Waals surface area contributed by atoms with Crippen LogP contribution in [0.1, 0.15) is 33.3 Å². The molecule has 0 aliphatic heterocycles. The van der Waals surface area contributed by atoms with Crippen molar-refractivity contribution in [2.45, 2.75) is 38.9 Å². The summed E-state index contributed by atoms with van der Waals surface area (Å²) in [6.07, 6.45) is 0. The number of carbonyl (C=O) groups is 1. The Morgan fingerprint density at radius 2 is 1.72 bits per heavy atom. The summed E-state index contributed by atoms with van der Waals surface area (Å²) in [6, 6.07) is 8.90. The average molecular weight is 246 g/mol. The molecule has 1 aromatic rings. The van der Waals surface area contributed by atoms with Crippen molar-refractivity contribution >= 4 is 5.78 Å². The minimum absolute atomic E-state index is 0.284. The van der Waals surface area contributed by atoms with Crippen molar-refractivity contribution < 1.29 is 14.6 Å². The second kappa shape index (κ2) is 3.95. The molecule has 0 fully saturated rings. The number of Topliss-reactive ketones (excluding diaryl/α,β-unsaturated/α-hetero) is 1. The SMILES string of the molecule is CC1=C(OC(C)(C)C)C(O)(c2ccccc2)C1=O. The quantitative estimate of drug-likeness (QED) is 0.872. The molecule has 2 rings (SSSR count). The molecule has 18 heavy (non-hydrogen) atoms. The summed E-state index contributed by atoms with van der Waals surface area (Å²) in [5, 5.41) is 10.6. The highest BCUT2D eigenvalue weighted by molar-refractivity contribution is 6.11. The minimum atomic E-state index is -1.61. The number of rotatable bonds is 2. The van der Waals surface area contributed by atoms with Crippen LogP contribution in [-0.4, -0.2) is 16.5 Å². The lowest BCUT2D eigenvalue weighted by Crippen LogP contribution is -2.50. The fourth-order valence-electron chi connectivity index (χ4n) is 2.08. The Morgan fingerprint density at radius 3 is 2.22 bits per heavy atom. The Kier molecular flexibility index (Phi) is 2.82. The van der Waals surface area contributed by atoms with Crippen molar-refractivity contribution in [3.8, 4) is 0 Å². The van der Waals surface area contributed by atoms with E-state index in [0.717, 1.165) is 0 Å². The van der Waals surface area contributed by atoms with Crippen molar-refractivity contribution in [2.75, 3.05) is 0 Å². The van der Waals surface area contributed by atoms with Gasteiger partial charge < -0.3 is 9.84 Å². The highest BCUT2D eigenvalue weighted by atomic mass is 16.5. The van der Waals surface area contributed by atoms with Crippen LogP contribution >= 0.6 is 0 Å². The summed E-state index contributed by atoms with van der Waals surface area (Å²) >= 11 is 0. The minimum Gasteiger partial charge on any atom is -0.488 e. The zero-order chi connectivity index (χ0) is 13.6. The molecule has 1 aliphatic rings. The van der Waals surface area contributed by atoms with E-state index in [2.05, 4.69) is 0 Å². The Hall–Kier alpha value is -1.61. The van der Waals surface area contributed by atoms with Crippen molar-refractivity contribution in [1.29, 1.82) is 0 Å². The number of aliphatic hydroxyl groups is 1. The third-order valence-corrected chi connectivity index (χ3v) is 2.94. The van der Waals surface area contributed by atoms with E-state index in [1.807, 2.05) is 26.8 Å². The van der Waals surface area contributed by atoms with Gasteiger partial charge in [-0.15, -0.1) is 0 Å². The molecule has 3 heteroatoms. The third-order valence-electron chi connectivity index (χ3n) is 2.94. The molecule has 0 aromatic heterocycles. The fourth-order valence-corrected chi connectivity index (χ4v) is 2.08. The number of ketones is 1. The van der Waals surface area contributed by atoms with Crippen LogP contribution in [0.5, 0.6) is 0 Å². The Morgan fingerprint density at radius 1 is 1.17 bits per heavy atom. The van der Waals surface area contributed by atoms with Crippen LogP contribution in [0.4, 0.5) is 0 Å². The van der Waals surface area contributed by atoms with Crippen molar-refractivity contribution in [3.63, 3.8) is 0 Å². The Balaban J connectivity index is 2.43. The molecule has 1 N–H and O–H groups in total. The molecule has 1 aliphatic carbocycles. The van der Waals surface area contributed by atoms with Crippen LogP contribution in [0.15, 0.2) is 41.7 Å². The molecule has 1 aromatic carbocycles. The first-order chi connectivity index (χ1) is 8.27. The Labute approximate surface area is 107 Å². The smallest absolute Gasteiger partial charge is 0.210 e. The number of hydrogen-bond acceptors (Lipinski definition) is 3. The molecule has 1 atom stereocenters. The Bertz CT molecular complexity index is 508. The number of ether oxygens (including phenoxy) is 1. The maximum Gasteiger partial charge on any atom is 0.210 e. The zero-order valence-electron chi connectivity index (χ0n) is 11.2. The number of hydrogen-bond donors (Lipinski definition) is 1. The molecule has 0 saturated heterocycles. The largest absolute Gasteiger partial charge is 0.488 e. The lowest BCUT2D eigenvalue weighted by molar-refractivity contribution is -0.145. The van der Waals surface area contributed by atoms with Crippen molar-refractivity contribution in [2.24, 2.45) is 0 Å². The second-order valence-corrected chi connectivity index (χ2v) is 5.57. The zero-order valence-corrected chi connectivity index (χ0v) is 11.2. The van der Waals surface area contributed by atoms with E-state index in [0.29, 0.717) is 16.9 Å². The highest BCUT2D eigenvalue weighted by Gasteiger charge is 2.54. The first kappa shape index (κ1) is 12.8. The topological polar surface area (TPSA) is 46.5 Å². The van der Waals surface area contributed by atoms with Crippen LogP contribution < -0.4 is 0 Å². The van der Waals surface area contributed by atoms with Gasteiger partial charge in [-0.2, -0.15) is 0 Å². The van der Waals surface area contributed by atoms with Gasteiger partial charge in [0.25, 0.3) is 0 Å². The van der Waals surface area contributed by atoms with Gasteiger partial charge in [0.05, 0.1) is 0 Å². The van der Waals surface area contributed by atoms with E-state index in [-0.39, 0.29) is 5.78 Å². The van der Waals surface area contributed by atoms with Gasteiger partial charge in [-0.25, -0.2) is 0 Å². The predicted molar refractivity (Wildman–Crippen MR) is 68.9 cm³/mol. The van der Waals surface area contributed by atoms with Gasteiger partial charge in [0.1, 0.15) is 11.4 Å². The monoisotopic (exact) mass is 246 g/mol. The summed E-state index contributed by atoms with van der Waals surface area (Å²) in [4.78, 5) is 12.0. The predicted octanol–water partition coefficient (Wildman–Crippen LogP) is 2.55. The molecule has 0 radical (unpaired) electrons. The van der Waals surface area contributed by atoms with E-state index >= 15 is 0 Å². The molecule has 0 saturated carbocycles. The van der Waals surface area contributed by atoms with Gasteiger partial charge in [-0.05, 0) is 33.3 Å². The molecular formula is C15H18O3. The first-order valence-electron chi connectivity index (χ1n) is 6.00. The van der Waals surface area contributed by atoms with E-state index < -0.39 is 11.2 Å². The molecule has 0 spiro atoms. The van der Waals surface area contributed by atoms with Crippen LogP contribution in [0, 0.1) is 0 Å². The summed E-state index contributed by atoms with van der Waals surface area (Å²) in [6.45, 7) is 7.35. The number of carbonyl (C=O) groups excluding carboxylic acids is 1. The second-order valence-electron chi connectivity index (χ2n) is 5.57. The average Bonchev–Trinajstić information content (AvgIpc) is 2.34. The lowest BCUT2D eigenvalue weighted by atomic mass is 9.73. The summed E-state index contributed by atoms with van der Waals surface area (Å²) in [7, 11) is 0. The van der Waals surface area contributed by atoms with Crippen molar-refractivity contribution in [1.82, 2.24) is 0 Å². The third kappa shape index (κ3) is 1.85. The molecule has 0 heterocycles. The van der Waals surface area contributed by atoms with Gasteiger partial charge >= 0.3 is 0 Å². The fraction of sp³-hybridized carbons (Fsp3) is 0.400. The summed E-state index contributed by atoms with van der Waals surface area (Å²) < 4.78 is 5.74. The van der Waals surface area contributed by atoms with E-state index in [9.17, 15) is 9.90 Å². The van der Waals surface area contributed by atoms with Gasteiger partial charge in [0.2, 0.25) is 11.4 Å². The van der Waals surface area contributed by atoms with E-state index in [4.69, 9.17) is 4.74 Å². The maximum absolute atomic E-state index is 12.0. The van der Waals surface area contributed by atoms with Gasteiger partial charge in [0, 0.05) is 5.57 Å². The van der Waals surface area contributed by atoms with Crippen molar-refractivity contribution in [3.05, 3.63) is 47.2 Å². The highest BCUT2D eigenvalue weighted by Crippen LogP contribution is 2.45. The van der Waals surface area contributed by atoms with Gasteiger partial charge in [-0.3, -0.25) is 4.79 Å². The summed E-state index contributed by atoms with van der Waals surface area (Å²) in [5.74, 6) is 0.0825. The normalized spacial score (nSPS) is 23.9. The first-order valence-corrected chi connectivity index (χ1v) is 6.00.